The number of hydrogen-bond donors (Lipinski definition) is 1. The lowest BCUT2D eigenvalue weighted by Gasteiger charge is -2.37. The highest BCUT2D eigenvalue weighted by Crippen LogP contribution is 2.51. The van der Waals surface area contributed by atoms with Gasteiger partial charge in [-0.3, -0.25) is 14.3 Å². The summed E-state index contributed by atoms with van der Waals surface area (Å²) in [5.41, 5.74) is -0.760. The molecule has 4 rings (SSSR count). The molecule has 44 heavy (non-hydrogen) atoms. The number of amides is 2. The van der Waals surface area contributed by atoms with Gasteiger partial charge >= 0.3 is 6.18 Å². The zero-order valence-electron chi connectivity index (χ0n) is 25.7. The summed E-state index contributed by atoms with van der Waals surface area (Å²) in [5.74, 6) is -2.00. The predicted octanol–water partition coefficient (Wildman–Crippen LogP) is 5.87. The van der Waals surface area contributed by atoms with Crippen molar-refractivity contribution in [1.82, 2.24) is 9.62 Å². The number of hydrogen-bond acceptors (Lipinski definition) is 6. The van der Waals surface area contributed by atoms with Crippen LogP contribution < -0.4 is 9.46 Å². The van der Waals surface area contributed by atoms with Gasteiger partial charge in [-0.25, -0.2) is 8.42 Å². The van der Waals surface area contributed by atoms with Crippen LogP contribution in [0.3, 0.4) is 0 Å². The van der Waals surface area contributed by atoms with E-state index in [0.717, 1.165) is 37.7 Å². The average molecular weight is 639 g/mol. The van der Waals surface area contributed by atoms with E-state index in [4.69, 9.17) is 9.47 Å². The summed E-state index contributed by atoms with van der Waals surface area (Å²) < 4.78 is 79.4. The smallest absolute Gasteiger partial charge is 0.416 e. The maximum atomic E-state index is 14.4. The lowest BCUT2D eigenvalue weighted by Crippen LogP contribution is -2.53. The van der Waals surface area contributed by atoms with Crippen molar-refractivity contribution in [2.75, 3.05) is 13.4 Å². The van der Waals surface area contributed by atoms with Crippen LogP contribution in [-0.2, 0) is 37.1 Å². The zero-order valence-corrected chi connectivity index (χ0v) is 26.5. The molecular formula is C32H41F3N2O6S. The summed E-state index contributed by atoms with van der Waals surface area (Å²) in [6.45, 7) is 5.31. The first-order valence-electron chi connectivity index (χ1n) is 14.8. The van der Waals surface area contributed by atoms with Crippen LogP contribution in [0.15, 0.2) is 48.5 Å². The number of rotatable bonds is 8. The molecule has 2 amide bonds. The van der Waals surface area contributed by atoms with E-state index in [1.165, 1.54) is 18.1 Å². The fraction of sp³-hybridized carbons (Fsp3) is 0.562. The molecule has 1 heterocycles. The average Bonchev–Trinajstić information content (AvgIpc) is 3.31. The lowest BCUT2D eigenvalue weighted by molar-refractivity contribution is -0.145. The second-order valence-electron chi connectivity index (χ2n) is 12.8. The maximum absolute atomic E-state index is 14.4. The molecule has 0 aromatic heterocycles. The third-order valence-corrected chi connectivity index (χ3v) is 9.12. The van der Waals surface area contributed by atoms with Crippen molar-refractivity contribution in [3.63, 3.8) is 0 Å². The first kappa shape index (κ1) is 33.8. The van der Waals surface area contributed by atoms with Crippen molar-refractivity contribution in [2.24, 2.45) is 17.3 Å². The van der Waals surface area contributed by atoms with Gasteiger partial charge in [0.2, 0.25) is 15.9 Å². The Hall–Kier alpha value is -3.12. The van der Waals surface area contributed by atoms with E-state index in [2.05, 4.69) is 4.72 Å². The third-order valence-electron chi connectivity index (χ3n) is 8.55. The summed E-state index contributed by atoms with van der Waals surface area (Å²) >= 11 is 0. The highest BCUT2D eigenvalue weighted by atomic mass is 32.2. The van der Waals surface area contributed by atoms with Gasteiger partial charge in [-0.1, -0.05) is 70.4 Å². The number of nitrogens with one attached hydrogen (secondary N) is 1. The Labute approximate surface area is 257 Å². The lowest BCUT2D eigenvalue weighted by atomic mass is 9.73. The van der Waals surface area contributed by atoms with Gasteiger partial charge in [0.15, 0.2) is 0 Å². The van der Waals surface area contributed by atoms with E-state index in [0.29, 0.717) is 18.4 Å². The fourth-order valence-electron chi connectivity index (χ4n) is 6.66. The molecule has 2 aromatic rings. The van der Waals surface area contributed by atoms with Crippen LogP contribution in [0.2, 0.25) is 0 Å². The number of halogens is 3. The minimum Gasteiger partial charge on any atom is -0.496 e. The Balaban J connectivity index is 1.87. The Morgan fingerprint density at radius 3 is 2.18 bits per heavy atom. The number of methoxy groups -OCH3 is 1. The molecule has 12 heteroatoms. The SMILES string of the molecule is COc1ccc(C(F)(F)F)cc1CO[C@H]1[C@H](C(C)(C)C)[C@@H](C(=O)NS(C)(=O)=O)N(C(=O)C2CCCCC2)[C@H]1c1ccccc1. The van der Waals surface area contributed by atoms with Crippen LogP contribution in [0, 0.1) is 17.3 Å². The predicted molar refractivity (Wildman–Crippen MR) is 159 cm³/mol. The molecule has 1 N–H and O–H groups in total. The molecule has 2 fully saturated rings. The Morgan fingerprint density at radius 2 is 1.64 bits per heavy atom. The van der Waals surface area contributed by atoms with Gasteiger partial charge < -0.3 is 14.4 Å². The second-order valence-corrected chi connectivity index (χ2v) is 14.6. The molecule has 1 aliphatic heterocycles. The molecule has 0 unspecified atom stereocenters. The van der Waals surface area contributed by atoms with Crippen molar-refractivity contribution in [1.29, 1.82) is 0 Å². The van der Waals surface area contributed by atoms with E-state index in [-0.39, 0.29) is 29.7 Å². The number of likely N-dealkylation sites (tertiary alicyclic amines) is 1. The Morgan fingerprint density at radius 1 is 1.00 bits per heavy atom. The maximum Gasteiger partial charge on any atom is 0.416 e. The van der Waals surface area contributed by atoms with Crippen LogP contribution in [0.5, 0.6) is 5.75 Å². The van der Waals surface area contributed by atoms with Crippen LogP contribution in [-0.4, -0.2) is 50.6 Å². The van der Waals surface area contributed by atoms with Gasteiger partial charge in [0.25, 0.3) is 5.91 Å². The van der Waals surface area contributed by atoms with Crippen molar-refractivity contribution < 1.29 is 40.7 Å². The van der Waals surface area contributed by atoms with E-state index in [9.17, 15) is 31.2 Å². The molecule has 0 radical (unpaired) electrons. The summed E-state index contributed by atoms with van der Waals surface area (Å²) in [6.07, 6.45) is -0.598. The normalized spacial score (nSPS) is 23.4. The van der Waals surface area contributed by atoms with Crippen molar-refractivity contribution >= 4 is 21.8 Å². The van der Waals surface area contributed by atoms with Gasteiger partial charge in [0.05, 0.1) is 37.7 Å². The molecule has 1 saturated carbocycles. The summed E-state index contributed by atoms with van der Waals surface area (Å²) in [4.78, 5) is 29.8. The van der Waals surface area contributed by atoms with Crippen LogP contribution in [0.25, 0.3) is 0 Å². The number of carbonyl (C=O) groups is 2. The molecule has 1 aliphatic carbocycles. The zero-order chi connectivity index (χ0) is 32.4. The van der Waals surface area contributed by atoms with Gasteiger partial charge in [-0.15, -0.1) is 0 Å². The van der Waals surface area contributed by atoms with Crippen molar-refractivity contribution in [3.8, 4) is 5.75 Å². The van der Waals surface area contributed by atoms with Gasteiger partial charge in [0, 0.05) is 17.4 Å². The highest BCUT2D eigenvalue weighted by Gasteiger charge is 2.59. The highest BCUT2D eigenvalue weighted by molar-refractivity contribution is 7.89. The van der Waals surface area contributed by atoms with E-state index < -0.39 is 57.2 Å². The largest absolute Gasteiger partial charge is 0.496 e. The summed E-state index contributed by atoms with van der Waals surface area (Å²) in [5, 5.41) is 0. The van der Waals surface area contributed by atoms with E-state index in [1.807, 2.05) is 39.0 Å². The van der Waals surface area contributed by atoms with Crippen LogP contribution >= 0.6 is 0 Å². The molecule has 0 bridgehead atoms. The van der Waals surface area contributed by atoms with Crippen molar-refractivity contribution in [3.05, 3.63) is 65.2 Å². The third kappa shape index (κ3) is 7.56. The fourth-order valence-corrected chi connectivity index (χ4v) is 7.15. The minimum absolute atomic E-state index is 0.149. The first-order valence-corrected chi connectivity index (χ1v) is 16.7. The standard InChI is InChI=1S/C32H41F3N2O6S/c1-31(2,3)25-27(29(38)36-44(5,40)41)37(30(39)21-14-10-7-11-15-21)26(20-12-8-6-9-13-20)28(25)43-19-22-18-23(32(33,34)35)16-17-24(22)42-4/h6,8-9,12-13,16-18,21,25-28H,7,10-11,14-15,19H2,1-5H3,(H,36,38)/t25-,26+,27+,28+/m1/s1. The second kappa shape index (κ2) is 13.1. The number of benzene rings is 2. The first-order chi connectivity index (χ1) is 20.5. The van der Waals surface area contributed by atoms with Crippen LogP contribution in [0.4, 0.5) is 13.2 Å². The van der Waals surface area contributed by atoms with Gasteiger partial charge in [0.1, 0.15) is 11.8 Å². The van der Waals surface area contributed by atoms with Gasteiger partial charge in [-0.2, -0.15) is 13.2 Å². The molecule has 2 aliphatic rings. The van der Waals surface area contributed by atoms with Gasteiger partial charge in [-0.05, 0) is 42.0 Å². The molecular weight excluding hydrogens is 597 g/mol. The molecule has 8 nitrogen and oxygen atoms in total. The number of carbonyl (C=O) groups excluding carboxylic acids is 2. The summed E-state index contributed by atoms with van der Waals surface area (Å²) in [7, 11) is -2.64. The number of ether oxygens (including phenoxy) is 2. The summed E-state index contributed by atoms with van der Waals surface area (Å²) in [6, 6.07) is 10.1. The monoisotopic (exact) mass is 638 g/mol. The molecule has 0 spiro atoms. The topological polar surface area (TPSA) is 102 Å². The number of sulfonamides is 1. The Bertz CT molecular complexity index is 1440. The van der Waals surface area contributed by atoms with E-state index >= 15 is 0 Å². The van der Waals surface area contributed by atoms with E-state index in [1.54, 1.807) is 12.1 Å². The number of alkyl halides is 3. The molecule has 2 aromatic carbocycles. The quantitative estimate of drug-likeness (QED) is 0.388. The van der Waals surface area contributed by atoms with Crippen molar-refractivity contribution in [2.45, 2.75) is 83.8 Å². The molecule has 242 valence electrons. The van der Waals surface area contributed by atoms with Crippen LogP contribution in [0.1, 0.15) is 75.6 Å². The number of nitrogens with zero attached hydrogens (tertiary/aromatic N) is 1. The molecule has 1 saturated heterocycles. The molecule has 4 atom stereocenters. The minimum atomic E-state index is -4.59. The Kier molecular flexibility index (Phi) is 10.0.